The van der Waals surface area contributed by atoms with E-state index in [-0.39, 0.29) is 25.3 Å². The molecular weight excluding hydrogens is 296 g/mol. The SMILES string of the molecule is CC(C)(CNC(=O)CCC(=O)OC(C)(C)C)NS(C)(=O)=O. The van der Waals surface area contributed by atoms with Crippen LogP contribution in [0.1, 0.15) is 47.5 Å². The van der Waals surface area contributed by atoms with E-state index in [0.29, 0.717) is 0 Å². The third-order valence-corrected chi connectivity index (χ3v) is 3.09. The van der Waals surface area contributed by atoms with Crippen LogP contribution in [-0.2, 0) is 24.3 Å². The lowest BCUT2D eigenvalue weighted by Crippen LogP contribution is -2.51. The van der Waals surface area contributed by atoms with E-state index in [0.717, 1.165) is 6.26 Å². The summed E-state index contributed by atoms with van der Waals surface area (Å²) in [6.45, 7) is 8.71. The summed E-state index contributed by atoms with van der Waals surface area (Å²) in [5, 5.41) is 2.59. The highest BCUT2D eigenvalue weighted by Gasteiger charge is 2.23. The predicted octanol–water partition coefficient (Wildman–Crippen LogP) is 0.552. The first-order valence-corrected chi connectivity index (χ1v) is 8.57. The summed E-state index contributed by atoms with van der Waals surface area (Å²) < 4.78 is 29.8. The number of amides is 1. The largest absolute Gasteiger partial charge is 0.460 e. The molecule has 0 bridgehead atoms. The Hall–Kier alpha value is -1.15. The van der Waals surface area contributed by atoms with Crippen molar-refractivity contribution in [2.24, 2.45) is 0 Å². The van der Waals surface area contributed by atoms with E-state index in [1.54, 1.807) is 34.6 Å². The van der Waals surface area contributed by atoms with Crippen LogP contribution in [0.2, 0.25) is 0 Å². The van der Waals surface area contributed by atoms with Crippen LogP contribution in [0.4, 0.5) is 0 Å². The fraction of sp³-hybridized carbons (Fsp3) is 0.846. The number of sulfonamides is 1. The molecule has 2 N–H and O–H groups in total. The van der Waals surface area contributed by atoms with Crippen LogP contribution in [0, 0.1) is 0 Å². The van der Waals surface area contributed by atoms with Crippen molar-refractivity contribution in [3.63, 3.8) is 0 Å². The lowest BCUT2D eigenvalue weighted by molar-refractivity contribution is -0.155. The Kier molecular flexibility index (Phi) is 6.82. The number of nitrogens with one attached hydrogen (secondary N) is 2. The van der Waals surface area contributed by atoms with E-state index in [1.807, 2.05) is 0 Å². The van der Waals surface area contributed by atoms with Crippen LogP contribution in [0.5, 0.6) is 0 Å². The van der Waals surface area contributed by atoms with Crippen LogP contribution >= 0.6 is 0 Å². The lowest BCUT2D eigenvalue weighted by atomic mass is 10.1. The Morgan fingerprint density at radius 2 is 1.57 bits per heavy atom. The number of ether oxygens (including phenoxy) is 1. The highest BCUT2D eigenvalue weighted by molar-refractivity contribution is 7.88. The van der Waals surface area contributed by atoms with Crippen molar-refractivity contribution >= 4 is 21.9 Å². The molecule has 8 heteroatoms. The topological polar surface area (TPSA) is 102 Å². The summed E-state index contributed by atoms with van der Waals surface area (Å²) in [5.41, 5.74) is -1.37. The molecule has 0 aliphatic rings. The fourth-order valence-electron chi connectivity index (χ4n) is 1.55. The average Bonchev–Trinajstić information content (AvgIpc) is 2.17. The fourth-order valence-corrected chi connectivity index (χ4v) is 2.63. The van der Waals surface area contributed by atoms with Gasteiger partial charge in [0.1, 0.15) is 5.60 Å². The molecule has 124 valence electrons. The van der Waals surface area contributed by atoms with Gasteiger partial charge in [-0.1, -0.05) is 0 Å². The molecule has 21 heavy (non-hydrogen) atoms. The third-order valence-electron chi connectivity index (χ3n) is 2.17. The second kappa shape index (κ2) is 7.22. The van der Waals surface area contributed by atoms with Gasteiger partial charge in [-0.3, -0.25) is 9.59 Å². The first-order chi connectivity index (χ1) is 9.20. The van der Waals surface area contributed by atoms with E-state index in [9.17, 15) is 18.0 Å². The van der Waals surface area contributed by atoms with Gasteiger partial charge in [0.15, 0.2) is 0 Å². The van der Waals surface area contributed by atoms with E-state index in [4.69, 9.17) is 4.74 Å². The molecule has 0 unspecified atom stereocenters. The van der Waals surface area contributed by atoms with Gasteiger partial charge in [-0.05, 0) is 34.6 Å². The first kappa shape index (κ1) is 19.9. The zero-order valence-electron chi connectivity index (χ0n) is 13.6. The molecule has 0 aromatic heterocycles. The van der Waals surface area contributed by atoms with Crippen LogP contribution < -0.4 is 10.0 Å². The summed E-state index contributed by atoms with van der Waals surface area (Å²) >= 11 is 0. The quantitative estimate of drug-likeness (QED) is 0.667. The van der Waals surface area contributed by atoms with Gasteiger partial charge >= 0.3 is 5.97 Å². The maximum absolute atomic E-state index is 11.6. The Morgan fingerprint density at radius 1 is 1.05 bits per heavy atom. The van der Waals surface area contributed by atoms with Gasteiger partial charge in [0.2, 0.25) is 15.9 Å². The van der Waals surface area contributed by atoms with Crippen molar-refractivity contribution < 1.29 is 22.7 Å². The number of carbonyl (C=O) groups is 2. The van der Waals surface area contributed by atoms with Crippen molar-refractivity contribution in [2.75, 3.05) is 12.8 Å². The van der Waals surface area contributed by atoms with Gasteiger partial charge in [-0.15, -0.1) is 0 Å². The van der Waals surface area contributed by atoms with Gasteiger partial charge in [0.05, 0.1) is 12.7 Å². The van der Waals surface area contributed by atoms with Gasteiger partial charge in [0, 0.05) is 18.5 Å². The molecule has 1 amide bonds. The number of rotatable bonds is 7. The first-order valence-electron chi connectivity index (χ1n) is 6.68. The second-order valence-electron chi connectivity index (χ2n) is 6.62. The van der Waals surface area contributed by atoms with Crippen LogP contribution in [0.25, 0.3) is 0 Å². The maximum atomic E-state index is 11.6. The van der Waals surface area contributed by atoms with E-state index in [2.05, 4.69) is 10.0 Å². The van der Waals surface area contributed by atoms with Crippen molar-refractivity contribution in [1.82, 2.24) is 10.0 Å². The van der Waals surface area contributed by atoms with Crippen LogP contribution in [-0.4, -0.2) is 44.2 Å². The molecule has 0 aromatic rings. The van der Waals surface area contributed by atoms with E-state index >= 15 is 0 Å². The average molecular weight is 322 g/mol. The lowest BCUT2D eigenvalue weighted by Gasteiger charge is -2.25. The van der Waals surface area contributed by atoms with Crippen LogP contribution in [0.3, 0.4) is 0 Å². The minimum Gasteiger partial charge on any atom is -0.460 e. The Bertz CT molecular complexity index is 477. The summed E-state index contributed by atoms with van der Waals surface area (Å²) in [6, 6.07) is 0. The van der Waals surface area contributed by atoms with Crippen molar-refractivity contribution in [3.8, 4) is 0 Å². The molecule has 0 saturated heterocycles. The molecule has 0 rings (SSSR count). The zero-order valence-corrected chi connectivity index (χ0v) is 14.4. The van der Waals surface area contributed by atoms with Crippen LogP contribution in [0.15, 0.2) is 0 Å². The van der Waals surface area contributed by atoms with Gasteiger partial charge in [-0.25, -0.2) is 13.1 Å². The molecule has 0 spiro atoms. The number of hydrogen-bond acceptors (Lipinski definition) is 5. The van der Waals surface area contributed by atoms with Gasteiger partial charge in [0.25, 0.3) is 0 Å². The smallest absolute Gasteiger partial charge is 0.306 e. The third kappa shape index (κ3) is 12.3. The number of esters is 1. The Balaban J connectivity index is 4.14. The van der Waals surface area contributed by atoms with Gasteiger partial charge in [-0.2, -0.15) is 0 Å². The molecule has 0 atom stereocenters. The van der Waals surface area contributed by atoms with Crippen molar-refractivity contribution in [1.29, 1.82) is 0 Å². The number of hydrogen-bond donors (Lipinski definition) is 2. The van der Waals surface area contributed by atoms with Gasteiger partial charge < -0.3 is 10.1 Å². The molecule has 7 nitrogen and oxygen atoms in total. The summed E-state index contributed by atoms with van der Waals surface area (Å²) in [4.78, 5) is 23.1. The monoisotopic (exact) mass is 322 g/mol. The van der Waals surface area contributed by atoms with Crippen molar-refractivity contribution in [2.45, 2.75) is 58.6 Å². The molecule has 0 saturated carbocycles. The molecule has 0 heterocycles. The van der Waals surface area contributed by atoms with Crippen molar-refractivity contribution in [3.05, 3.63) is 0 Å². The molecular formula is C13H26N2O5S. The Morgan fingerprint density at radius 3 is 2.00 bits per heavy atom. The minimum atomic E-state index is -3.35. The van der Waals surface area contributed by atoms with E-state index < -0.39 is 27.1 Å². The summed E-state index contributed by atoms with van der Waals surface area (Å²) in [7, 11) is -3.35. The standard InChI is InChI=1S/C13H26N2O5S/c1-12(2,3)20-11(17)8-7-10(16)14-9-13(4,5)15-21(6,18)19/h15H,7-9H2,1-6H3,(H,14,16). The number of carbonyl (C=O) groups excluding carboxylic acids is 2. The molecule has 0 aliphatic carbocycles. The molecule has 0 aromatic carbocycles. The minimum absolute atomic E-state index is 0.00384. The maximum Gasteiger partial charge on any atom is 0.306 e. The summed E-state index contributed by atoms with van der Waals surface area (Å²) in [6.07, 6.45) is 1.05. The second-order valence-corrected chi connectivity index (χ2v) is 8.37. The zero-order chi connectivity index (χ0) is 16.9. The highest BCUT2D eigenvalue weighted by Crippen LogP contribution is 2.09. The normalized spacial score (nSPS) is 12.9. The highest BCUT2D eigenvalue weighted by atomic mass is 32.2. The van der Waals surface area contributed by atoms with E-state index in [1.165, 1.54) is 0 Å². The Labute approximate surface area is 126 Å². The predicted molar refractivity (Wildman–Crippen MR) is 80.1 cm³/mol. The summed E-state index contributed by atoms with van der Waals surface area (Å²) in [5.74, 6) is -0.768. The molecule has 0 radical (unpaired) electrons. The molecule has 0 aliphatic heterocycles. The molecule has 0 fully saturated rings.